The van der Waals surface area contributed by atoms with Crippen LogP contribution in [0.1, 0.15) is 37.5 Å². The number of carbonyl (C=O) groups excluding carboxylic acids is 2. The molecule has 0 N–H and O–H groups in total. The molecule has 0 spiro atoms. The summed E-state index contributed by atoms with van der Waals surface area (Å²) in [7, 11) is 0. The average Bonchev–Trinajstić information content (AvgIpc) is 2.62. The van der Waals surface area contributed by atoms with Crippen LogP contribution in [0.2, 0.25) is 0 Å². The molecule has 0 unspecified atom stereocenters. The van der Waals surface area contributed by atoms with E-state index < -0.39 is 12.2 Å². The molecule has 1 aliphatic rings. The van der Waals surface area contributed by atoms with E-state index in [9.17, 15) is 9.59 Å². The van der Waals surface area contributed by atoms with Crippen molar-refractivity contribution in [2.45, 2.75) is 38.9 Å². The molecule has 4 heteroatoms. The lowest BCUT2D eigenvalue weighted by Crippen LogP contribution is -2.32. The number of fused-ring (bicyclic) bond motifs is 5. The molecule has 4 rings (SSSR count). The molecule has 0 saturated carbocycles. The number of hydrogen-bond acceptors (Lipinski definition) is 4. The van der Waals surface area contributed by atoms with E-state index in [-0.39, 0.29) is 11.9 Å². The van der Waals surface area contributed by atoms with Gasteiger partial charge in [0, 0.05) is 19.4 Å². The van der Waals surface area contributed by atoms with E-state index >= 15 is 0 Å². The predicted octanol–water partition coefficient (Wildman–Crippen LogP) is 4.48. The highest BCUT2D eigenvalue weighted by atomic mass is 16.6. The Morgan fingerprint density at radius 1 is 0.846 bits per heavy atom. The maximum atomic E-state index is 11.6. The van der Waals surface area contributed by atoms with E-state index in [0.717, 1.165) is 12.0 Å². The van der Waals surface area contributed by atoms with Crippen molar-refractivity contribution < 1.29 is 19.1 Å². The van der Waals surface area contributed by atoms with E-state index in [4.69, 9.17) is 9.47 Å². The van der Waals surface area contributed by atoms with Gasteiger partial charge in [-0.25, -0.2) is 0 Å². The Bertz CT molecular complexity index is 1020. The molecule has 0 fully saturated rings. The summed E-state index contributed by atoms with van der Waals surface area (Å²) < 4.78 is 11.0. The highest BCUT2D eigenvalue weighted by Crippen LogP contribution is 2.40. The fraction of sp³-hybridized carbons (Fsp3) is 0.273. The van der Waals surface area contributed by atoms with Crippen LogP contribution in [0.5, 0.6) is 0 Å². The third kappa shape index (κ3) is 2.81. The summed E-state index contributed by atoms with van der Waals surface area (Å²) in [6.45, 7) is 2.76. The monoisotopic (exact) mass is 348 g/mol. The van der Waals surface area contributed by atoms with Crippen molar-refractivity contribution in [2.75, 3.05) is 0 Å². The molecule has 26 heavy (non-hydrogen) atoms. The van der Waals surface area contributed by atoms with Crippen molar-refractivity contribution >= 4 is 33.5 Å². The minimum absolute atomic E-state index is 0.359. The zero-order valence-corrected chi connectivity index (χ0v) is 14.8. The van der Waals surface area contributed by atoms with Gasteiger partial charge < -0.3 is 9.47 Å². The number of hydrogen-bond donors (Lipinski definition) is 0. The first-order valence-electron chi connectivity index (χ1n) is 8.82. The van der Waals surface area contributed by atoms with Gasteiger partial charge in [0.25, 0.3) is 0 Å². The summed E-state index contributed by atoms with van der Waals surface area (Å²) in [5, 5.41) is 4.76. The van der Waals surface area contributed by atoms with Gasteiger partial charge in [0.1, 0.15) is 6.10 Å². The van der Waals surface area contributed by atoms with Crippen molar-refractivity contribution in [3.63, 3.8) is 0 Å². The molecule has 2 atom stereocenters. The Morgan fingerprint density at radius 2 is 1.58 bits per heavy atom. The van der Waals surface area contributed by atoms with Crippen LogP contribution < -0.4 is 0 Å². The van der Waals surface area contributed by atoms with Gasteiger partial charge in [-0.15, -0.1) is 0 Å². The number of carbonyl (C=O) groups is 2. The van der Waals surface area contributed by atoms with Crippen LogP contribution >= 0.6 is 0 Å². The smallest absolute Gasteiger partial charge is 0.303 e. The molecule has 0 radical (unpaired) electrons. The van der Waals surface area contributed by atoms with Gasteiger partial charge in [-0.1, -0.05) is 48.5 Å². The van der Waals surface area contributed by atoms with E-state index in [1.54, 1.807) is 0 Å². The van der Waals surface area contributed by atoms with Crippen LogP contribution in [-0.2, 0) is 25.5 Å². The lowest BCUT2D eigenvalue weighted by Gasteiger charge is -2.33. The fourth-order valence-electron chi connectivity index (χ4n) is 4.00. The Kier molecular flexibility index (Phi) is 4.11. The minimum Gasteiger partial charge on any atom is -0.458 e. The normalized spacial score (nSPS) is 19.2. The second-order valence-corrected chi connectivity index (χ2v) is 6.73. The summed E-state index contributed by atoms with van der Waals surface area (Å²) in [6.07, 6.45) is 0.412. The van der Waals surface area contributed by atoms with Gasteiger partial charge in [0.15, 0.2) is 6.10 Å². The lowest BCUT2D eigenvalue weighted by molar-refractivity contribution is -0.167. The Balaban J connectivity index is 1.89. The van der Waals surface area contributed by atoms with Crippen molar-refractivity contribution in [3.05, 3.63) is 59.7 Å². The molecule has 0 saturated heterocycles. The maximum absolute atomic E-state index is 11.6. The average molecular weight is 348 g/mol. The summed E-state index contributed by atoms with van der Waals surface area (Å²) in [4.78, 5) is 23.1. The fourth-order valence-corrected chi connectivity index (χ4v) is 4.00. The van der Waals surface area contributed by atoms with Crippen molar-refractivity contribution in [3.8, 4) is 0 Å². The van der Waals surface area contributed by atoms with Gasteiger partial charge in [0.2, 0.25) is 0 Å². The zero-order chi connectivity index (χ0) is 18.3. The van der Waals surface area contributed by atoms with Crippen LogP contribution in [0.4, 0.5) is 0 Å². The van der Waals surface area contributed by atoms with Gasteiger partial charge in [0.05, 0.1) is 0 Å². The SMILES string of the molecule is CC(=O)O[C@@H]1c2ccc3c(ccc4ccccc43)c2CC[C@H]1OC(C)=O. The largest absolute Gasteiger partial charge is 0.458 e. The van der Waals surface area contributed by atoms with Crippen LogP contribution in [0, 0.1) is 0 Å². The maximum Gasteiger partial charge on any atom is 0.303 e. The quantitative estimate of drug-likeness (QED) is 0.506. The van der Waals surface area contributed by atoms with Crippen molar-refractivity contribution in [1.82, 2.24) is 0 Å². The van der Waals surface area contributed by atoms with E-state index in [1.165, 1.54) is 41.0 Å². The van der Waals surface area contributed by atoms with Gasteiger partial charge in [-0.05, 0) is 39.9 Å². The molecular formula is C22H20O4. The zero-order valence-electron chi connectivity index (χ0n) is 14.8. The Labute approximate surface area is 151 Å². The summed E-state index contributed by atoms with van der Waals surface area (Å²) in [6, 6.07) is 16.6. The molecule has 0 amide bonds. The molecule has 132 valence electrons. The number of rotatable bonds is 2. The predicted molar refractivity (Wildman–Crippen MR) is 99.8 cm³/mol. The topological polar surface area (TPSA) is 52.6 Å². The van der Waals surface area contributed by atoms with Crippen LogP contribution in [0.3, 0.4) is 0 Å². The van der Waals surface area contributed by atoms with E-state index in [2.05, 4.69) is 30.3 Å². The van der Waals surface area contributed by atoms with Crippen molar-refractivity contribution in [2.24, 2.45) is 0 Å². The molecule has 1 aliphatic carbocycles. The molecule has 0 bridgehead atoms. The first-order valence-corrected chi connectivity index (χ1v) is 8.82. The van der Waals surface area contributed by atoms with Gasteiger partial charge in [-0.2, -0.15) is 0 Å². The first kappa shape index (κ1) is 16.6. The number of esters is 2. The third-order valence-electron chi connectivity index (χ3n) is 5.01. The molecule has 4 nitrogen and oxygen atoms in total. The summed E-state index contributed by atoms with van der Waals surface area (Å²) >= 11 is 0. The van der Waals surface area contributed by atoms with Gasteiger partial charge >= 0.3 is 11.9 Å². The van der Waals surface area contributed by atoms with Crippen molar-refractivity contribution in [1.29, 1.82) is 0 Å². The van der Waals surface area contributed by atoms with Crippen LogP contribution in [0.15, 0.2) is 48.5 Å². The second-order valence-electron chi connectivity index (χ2n) is 6.73. The van der Waals surface area contributed by atoms with Gasteiger partial charge in [-0.3, -0.25) is 9.59 Å². The lowest BCUT2D eigenvalue weighted by atomic mass is 9.83. The Morgan fingerprint density at radius 3 is 2.35 bits per heavy atom. The number of benzene rings is 3. The van der Waals surface area contributed by atoms with E-state index in [1.807, 2.05) is 18.2 Å². The summed E-state index contributed by atoms with van der Waals surface area (Å²) in [5.41, 5.74) is 2.10. The molecule has 0 aliphatic heterocycles. The van der Waals surface area contributed by atoms with E-state index in [0.29, 0.717) is 6.42 Å². The highest BCUT2D eigenvalue weighted by Gasteiger charge is 2.35. The Hall–Kier alpha value is -2.88. The van der Waals surface area contributed by atoms with Crippen LogP contribution in [0.25, 0.3) is 21.5 Å². The molecular weight excluding hydrogens is 328 g/mol. The standard InChI is InChI=1S/C22H20O4/c1-13(23)25-21-12-11-19-18-8-7-15-5-3-4-6-16(15)17(18)9-10-20(19)22(21)26-14(2)24/h3-10,21-22H,11-12H2,1-2H3/t21-,22-/m1/s1. The number of ether oxygens (including phenoxy) is 2. The number of aryl methyl sites for hydroxylation is 1. The summed E-state index contributed by atoms with van der Waals surface area (Å²) in [5.74, 6) is -0.735. The molecule has 0 heterocycles. The van der Waals surface area contributed by atoms with Crippen LogP contribution in [-0.4, -0.2) is 18.0 Å². The highest BCUT2D eigenvalue weighted by molar-refractivity contribution is 6.08. The first-order chi connectivity index (χ1) is 12.5. The molecule has 3 aromatic carbocycles. The molecule has 3 aromatic rings. The molecule has 0 aromatic heterocycles. The third-order valence-corrected chi connectivity index (χ3v) is 5.01. The minimum atomic E-state index is -0.559. The second kappa shape index (κ2) is 6.45.